The Balaban J connectivity index is 2.27. The van der Waals surface area contributed by atoms with Crippen molar-refractivity contribution < 1.29 is 14.7 Å². The van der Waals surface area contributed by atoms with E-state index in [0.717, 1.165) is 12.0 Å². The minimum atomic E-state index is -0.293. The number of unbranched alkanes of at least 4 members (excludes halogenated alkanes) is 2. The van der Waals surface area contributed by atoms with Crippen molar-refractivity contribution in [1.82, 2.24) is 5.32 Å². The first-order valence-corrected chi connectivity index (χ1v) is 7.34. The van der Waals surface area contributed by atoms with E-state index in [1.807, 2.05) is 13.0 Å². The third-order valence-corrected chi connectivity index (χ3v) is 3.37. The number of rotatable bonds is 8. The molecule has 0 heterocycles. The molecule has 0 radical (unpaired) electrons. The predicted molar refractivity (Wildman–Crippen MR) is 83.4 cm³/mol. The van der Waals surface area contributed by atoms with Crippen LogP contribution < -0.4 is 10.6 Å². The number of nitrogens with one attached hydrogen (secondary N) is 2. The fourth-order valence-corrected chi connectivity index (χ4v) is 1.90. The summed E-state index contributed by atoms with van der Waals surface area (Å²) in [5.41, 5.74) is 1.54. The third kappa shape index (κ3) is 7.11. The van der Waals surface area contributed by atoms with Crippen molar-refractivity contribution in [1.29, 1.82) is 0 Å². The molecule has 1 rings (SSSR count). The van der Waals surface area contributed by atoms with Gasteiger partial charge in [-0.05, 0) is 37.5 Å². The molecular weight excluding hydrogens is 292 g/mol. The number of aryl methyl sites for hydroxylation is 1. The average Bonchev–Trinajstić information content (AvgIpc) is 2.45. The van der Waals surface area contributed by atoms with Crippen LogP contribution in [0.25, 0.3) is 0 Å². The zero-order valence-electron chi connectivity index (χ0n) is 12.1. The topological polar surface area (TPSA) is 78.4 Å². The lowest BCUT2D eigenvalue weighted by molar-refractivity contribution is -0.124. The second-order valence-corrected chi connectivity index (χ2v) is 5.23. The van der Waals surface area contributed by atoms with Gasteiger partial charge in [-0.1, -0.05) is 24.1 Å². The van der Waals surface area contributed by atoms with E-state index in [2.05, 4.69) is 10.6 Å². The van der Waals surface area contributed by atoms with Gasteiger partial charge in [0, 0.05) is 23.7 Å². The molecule has 0 saturated carbocycles. The van der Waals surface area contributed by atoms with Crippen LogP contribution in [0.3, 0.4) is 0 Å². The van der Waals surface area contributed by atoms with Gasteiger partial charge in [0.15, 0.2) is 0 Å². The Labute approximate surface area is 129 Å². The molecule has 3 N–H and O–H groups in total. The van der Waals surface area contributed by atoms with Crippen molar-refractivity contribution in [2.75, 3.05) is 18.5 Å². The Bertz CT molecular complexity index is 492. The summed E-state index contributed by atoms with van der Waals surface area (Å²) in [6.45, 7) is 1.96. The second-order valence-electron chi connectivity index (χ2n) is 4.82. The highest BCUT2D eigenvalue weighted by Crippen LogP contribution is 2.19. The van der Waals surface area contributed by atoms with E-state index >= 15 is 0 Å². The molecular formula is C15H21ClN2O3. The lowest BCUT2D eigenvalue weighted by atomic mass is 10.2. The van der Waals surface area contributed by atoms with Gasteiger partial charge in [0.05, 0.1) is 6.54 Å². The molecule has 0 bridgehead atoms. The summed E-state index contributed by atoms with van der Waals surface area (Å²) in [5.74, 6) is -0.455. The number of benzene rings is 1. The largest absolute Gasteiger partial charge is 0.396 e. The zero-order valence-corrected chi connectivity index (χ0v) is 12.9. The van der Waals surface area contributed by atoms with Gasteiger partial charge in [-0.25, -0.2) is 0 Å². The van der Waals surface area contributed by atoms with Crippen molar-refractivity contribution in [2.24, 2.45) is 0 Å². The highest BCUT2D eigenvalue weighted by molar-refractivity contribution is 6.31. The standard InChI is InChI=1S/C15H21ClN2O3/c1-11-6-7-12(9-13(11)16)18-15(21)10-17-14(20)5-3-2-4-8-19/h6-7,9,19H,2-5,8,10H2,1H3,(H,17,20)(H,18,21). The van der Waals surface area contributed by atoms with Crippen LogP contribution >= 0.6 is 11.6 Å². The molecule has 2 amide bonds. The fraction of sp³-hybridized carbons (Fsp3) is 0.467. The van der Waals surface area contributed by atoms with Gasteiger partial charge < -0.3 is 15.7 Å². The first-order chi connectivity index (χ1) is 10.0. The molecule has 0 fully saturated rings. The predicted octanol–water partition coefficient (Wildman–Crippen LogP) is 2.26. The molecule has 0 saturated heterocycles. The Morgan fingerprint density at radius 2 is 1.95 bits per heavy atom. The Morgan fingerprint density at radius 3 is 2.62 bits per heavy atom. The minimum Gasteiger partial charge on any atom is -0.396 e. The van der Waals surface area contributed by atoms with E-state index in [1.54, 1.807) is 12.1 Å². The molecule has 6 heteroatoms. The number of aliphatic hydroxyl groups is 1. The van der Waals surface area contributed by atoms with Crippen LogP contribution in [-0.4, -0.2) is 30.1 Å². The molecule has 1 aromatic rings. The van der Waals surface area contributed by atoms with Gasteiger partial charge in [-0.2, -0.15) is 0 Å². The van der Waals surface area contributed by atoms with Crippen LogP contribution in [0.4, 0.5) is 5.69 Å². The van der Waals surface area contributed by atoms with Gasteiger partial charge in [-0.3, -0.25) is 9.59 Å². The second kappa shape index (κ2) is 9.37. The summed E-state index contributed by atoms with van der Waals surface area (Å²) < 4.78 is 0. The van der Waals surface area contributed by atoms with Crippen molar-refractivity contribution >= 4 is 29.1 Å². The zero-order chi connectivity index (χ0) is 15.7. The van der Waals surface area contributed by atoms with Gasteiger partial charge >= 0.3 is 0 Å². The van der Waals surface area contributed by atoms with Crippen molar-refractivity contribution in [3.63, 3.8) is 0 Å². The summed E-state index contributed by atoms with van der Waals surface area (Å²) in [4.78, 5) is 23.2. The van der Waals surface area contributed by atoms with Crippen LogP contribution in [-0.2, 0) is 9.59 Å². The highest BCUT2D eigenvalue weighted by atomic mass is 35.5. The van der Waals surface area contributed by atoms with E-state index in [9.17, 15) is 9.59 Å². The van der Waals surface area contributed by atoms with Gasteiger partial charge in [0.2, 0.25) is 11.8 Å². The quantitative estimate of drug-likeness (QED) is 0.644. The maximum Gasteiger partial charge on any atom is 0.243 e. The molecule has 0 spiro atoms. The summed E-state index contributed by atoms with van der Waals surface area (Å²) in [5, 5.41) is 14.4. The first kappa shape index (κ1) is 17.5. The SMILES string of the molecule is Cc1ccc(NC(=O)CNC(=O)CCCCCO)cc1Cl. The van der Waals surface area contributed by atoms with Crippen molar-refractivity contribution in [3.05, 3.63) is 28.8 Å². The minimum absolute atomic E-state index is 0.0651. The smallest absolute Gasteiger partial charge is 0.243 e. The lowest BCUT2D eigenvalue weighted by Gasteiger charge is -2.08. The van der Waals surface area contributed by atoms with Crippen molar-refractivity contribution in [2.45, 2.75) is 32.6 Å². The Hall–Kier alpha value is -1.59. The number of aliphatic hydroxyl groups excluding tert-OH is 1. The maximum atomic E-state index is 11.7. The number of hydrogen-bond acceptors (Lipinski definition) is 3. The molecule has 1 aromatic carbocycles. The van der Waals surface area contributed by atoms with E-state index in [0.29, 0.717) is 30.0 Å². The van der Waals surface area contributed by atoms with E-state index in [1.165, 1.54) is 0 Å². The van der Waals surface area contributed by atoms with Gasteiger partial charge in [0.25, 0.3) is 0 Å². The fourth-order valence-electron chi connectivity index (χ4n) is 1.72. The maximum absolute atomic E-state index is 11.7. The first-order valence-electron chi connectivity index (χ1n) is 6.96. The number of carbonyl (C=O) groups excluding carboxylic acids is 2. The van der Waals surface area contributed by atoms with Crippen LogP contribution in [0.2, 0.25) is 5.02 Å². The van der Waals surface area contributed by atoms with Gasteiger partial charge in [-0.15, -0.1) is 0 Å². The number of halogens is 1. The number of amides is 2. The molecule has 0 unspecified atom stereocenters. The van der Waals surface area contributed by atoms with Crippen LogP contribution in [0, 0.1) is 6.92 Å². The summed E-state index contributed by atoms with van der Waals surface area (Å²) in [6, 6.07) is 5.25. The van der Waals surface area contributed by atoms with E-state index < -0.39 is 0 Å². The number of anilines is 1. The molecule has 0 aliphatic carbocycles. The van der Waals surface area contributed by atoms with Crippen LogP contribution in [0.15, 0.2) is 18.2 Å². The molecule has 0 aliphatic heterocycles. The molecule has 0 aromatic heterocycles. The van der Waals surface area contributed by atoms with Crippen molar-refractivity contribution in [3.8, 4) is 0 Å². The number of hydrogen-bond donors (Lipinski definition) is 3. The Morgan fingerprint density at radius 1 is 1.19 bits per heavy atom. The average molecular weight is 313 g/mol. The molecule has 0 aliphatic rings. The molecule has 21 heavy (non-hydrogen) atoms. The van der Waals surface area contributed by atoms with E-state index in [4.69, 9.17) is 16.7 Å². The molecule has 116 valence electrons. The lowest BCUT2D eigenvalue weighted by Crippen LogP contribution is -2.32. The normalized spacial score (nSPS) is 10.2. The Kier molecular flexibility index (Phi) is 7.79. The highest BCUT2D eigenvalue weighted by Gasteiger charge is 2.06. The molecule has 0 atom stereocenters. The van der Waals surface area contributed by atoms with Crippen LogP contribution in [0.5, 0.6) is 0 Å². The monoisotopic (exact) mass is 312 g/mol. The summed E-state index contributed by atoms with van der Waals surface area (Å²) in [6.07, 6.45) is 2.57. The van der Waals surface area contributed by atoms with Crippen LogP contribution in [0.1, 0.15) is 31.2 Å². The molecule has 5 nitrogen and oxygen atoms in total. The third-order valence-electron chi connectivity index (χ3n) is 2.96. The summed E-state index contributed by atoms with van der Waals surface area (Å²) in [7, 11) is 0. The van der Waals surface area contributed by atoms with Gasteiger partial charge in [0.1, 0.15) is 0 Å². The number of carbonyl (C=O) groups is 2. The van der Waals surface area contributed by atoms with E-state index in [-0.39, 0.29) is 25.0 Å². The summed E-state index contributed by atoms with van der Waals surface area (Å²) >= 11 is 5.97.